The van der Waals surface area contributed by atoms with E-state index in [1.807, 2.05) is 59.9 Å². The van der Waals surface area contributed by atoms with Crippen molar-refractivity contribution in [1.29, 1.82) is 5.26 Å². The number of hydrogen-bond acceptors (Lipinski definition) is 7. The molecule has 0 radical (unpaired) electrons. The monoisotopic (exact) mass is 497 g/mol. The van der Waals surface area contributed by atoms with Crippen LogP contribution in [0.4, 0.5) is 11.8 Å². The molecular formula is C26H24ClN9. The van der Waals surface area contributed by atoms with Crippen LogP contribution in [0.5, 0.6) is 0 Å². The van der Waals surface area contributed by atoms with Gasteiger partial charge in [0, 0.05) is 38.4 Å². The molecular weight excluding hydrogens is 474 g/mol. The van der Waals surface area contributed by atoms with Crippen molar-refractivity contribution in [3.63, 3.8) is 0 Å². The average Bonchev–Trinajstić information content (AvgIpc) is 3.55. The van der Waals surface area contributed by atoms with Gasteiger partial charge < -0.3 is 15.2 Å². The van der Waals surface area contributed by atoms with Crippen LogP contribution in [0, 0.1) is 17.2 Å². The summed E-state index contributed by atoms with van der Waals surface area (Å²) in [4.78, 5) is 14.0. The molecule has 0 aliphatic heterocycles. The minimum Gasteiger partial charge on any atom is -0.372 e. The highest BCUT2D eigenvalue weighted by atomic mass is 35.5. The number of pyridine rings is 1. The molecule has 5 aromatic rings. The molecule has 1 aromatic carbocycles. The van der Waals surface area contributed by atoms with Crippen LogP contribution in [0.25, 0.3) is 33.3 Å². The summed E-state index contributed by atoms with van der Waals surface area (Å²) in [6.45, 7) is 1.32. The fourth-order valence-electron chi connectivity index (χ4n) is 4.58. The number of nitriles is 1. The van der Waals surface area contributed by atoms with Gasteiger partial charge in [-0.1, -0.05) is 23.7 Å². The third-order valence-electron chi connectivity index (χ3n) is 6.59. The van der Waals surface area contributed by atoms with Gasteiger partial charge in [0.05, 0.1) is 39.4 Å². The van der Waals surface area contributed by atoms with Crippen LogP contribution >= 0.6 is 11.6 Å². The van der Waals surface area contributed by atoms with Crippen LogP contribution in [-0.2, 0) is 13.6 Å². The Labute approximate surface area is 212 Å². The molecule has 180 valence electrons. The smallest absolute Gasteiger partial charge is 0.226 e. The highest BCUT2D eigenvalue weighted by Gasteiger charge is 2.24. The maximum absolute atomic E-state index is 9.53. The van der Waals surface area contributed by atoms with Gasteiger partial charge in [0.15, 0.2) is 5.65 Å². The number of nitrogens with one attached hydrogen (secondary N) is 2. The Hall–Kier alpha value is -4.16. The van der Waals surface area contributed by atoms with E-state index in [2.05, 4.69) is 21.7 Å². The molecule has 0 saturated heterocycles. The largest absolute Gasteiger partial charge is 0.372 e. The molecule has 1 saturated carbocycles. The van der Waals surface area contributed by atoms with Crippen LogP contribution in [0.3, 0.4) is 0 Å². The summed E-state index contributed by atoms with van der Waals surface area (Å²) in [5.74, 6) is 1.93. The number of hydrogen-bond donors (Lipinski definition) is 2. The minimum atomic E-state index is 0.464. The number of para-hydroxylation sites is 1. The third kappa shape index (κ3) is 3.89. The van der Waals surface area contributed by atoms with Crippen LogP contribution < -0.4 is 10.6 Å². The second kappa shape index (κ2) is 8.81. The number of halogens is 1. The molecule has 0 amide bonds. The first-order valence-electron chi connectivity index (χ1n) is 11.8. The number of aromatic nitrogens is 6. The molecule has 0 unspecified atom stereocenters. The highest BCUT2D eigenvalue weighted by Crippen LogP contribution is 2.35. The molecule has 0 atom stereocenters. The lowest BCUT2D eigenvalue weighted by atomic mass is 10.1. The van der Waals surface area contributed by atoms with E-state index in [-0.39, 0.29) is 0 Å². The normalized spacial score (nSPS) is 13.3. The lowest BCUT2D eigenvalue weighted by Gasteiger charge is -2.12. The summed E-state index contributed by atoms with van der Waals surface area (Å²) in [5, 5.41) is 23.4. The molecule has 6 rings (SSSR count). The second-order valence-electron chi connectivity index (χ2n) is 9.12. The molecule has 1 fully saturated rings. The molecule has 10 heteroatoms. The van der Waals surface area contributed by atoms with Gasteiger partial charge >= 0.3 is 0 Å². The van der Waals surface area contributed by atoms with Crippen molar-refractivity contribution < 1.29 is 0 Å². The quantitative estimate of drug-likeness (QED) is 0.332. The zero-order chi connectivity index (χ0) is 24.8. The van der Waals surface area contributed by atoms with Gasteiger partial charge in [-0.15, -0.1) is 0 Å². The first-order valence-corrected chi connectivity index (χ1v) is 12.2. The number of anilines is 2. The number of nitrogens with zero attached hydrogens (tertiary/aromatic N) is 7. The Bertz CT molecular complexity index is 1660. The minimum absolute atomic E-state index is 0.464. The molecule has 1 aliphatic rings. The Morgan fingerprint density at radius 3 is 2.83 bits per heavy atom. The Kier molecular flexibility index (Phi) is 5.46. The molecule has 36 heavy (non-hydrogen) atoms. The maximum atomic E-state index is 9.53. The lowest BCUT2D eigenvalue weighted by Crippen LogP contribution is -2.08. The molecule has 1 aliphatic carbocycles. The van der Waals surface area contributed by atoms with E-state index in [0.717, 1.165) is 39.8 Å². The Morgan fingerprint density at radius 1 is 1.22 bits per heavy atom. The second-order valence-corrected chi connectivity index (χ2v) is 9.52. The van der Waals surface area contributed by atoms with Crippen molar-refractivity contribution in [3.8, 4) is 17.5 Å². The molecule has 4 heterocycles. The van der Waals surface area contributed by atoms with E-state index >= 15 is 0 Å². The van der Waals surface area contributed by atoms with Crippen LogP contribution in [0.2, 0.25) is 5.02 Å². The summed E-state index contributed by atoms with van der Waals surface area (Å²) in [5.41, 5.74) is 4.62. The molecule has 0 bridgehead atoms. The van der Waals surface area contributed by atoms with E-state index in [1.54, 1.807) is 6.20 Å². The zero-order valence-electron chi connectivity index (χ0n) is 20.0. The number of aryl methyl sites for hydroxylation is 1. The van der Waals surface area contributed by atoms with Crippen LogP contribution in [-0.4, -0.2) is 42.9 Å². The van der Waals surface area contributed by atoms with E-state index in [9.17, 15) is 5.26 Å². The highest BCUT2D eigenvalue weighted by molar-refractivity contribution is 6.35. The van der Waals surface area contributed by atoms with Crippen molar-refractivity contribution in [2.45, 2.75) is 19.4 Å². The molecule has 2 N–H and O–H groups in total. The SMILES string of the molecule is CNc1nc(NCC2CC2)nc2nn(Cc3ccnc4c(Cl)cccc34)c(-c3cc(C#N)cn3C)c12. The van der Waals surface area contributed by atoms with Gasteiger partial charge in [0.25, 0.3) is 0 Å². The van der Waals surface area contributed by atoms with E-state index in [0.29, 0.717) is 40.5 Å². The van der Waals surface area contributed by atoms with Gasteiger partial charge in [0.2, 0.25) is 5.95 Å². The third-order valence-corrected chi connectivity index (χ3v) is 6.90. The van der Waals surface area contributed by atoms with Crippen LogP contribution in [0.1, 0.15) is 24.0 Å². The van der Waals surface area contributed by atoms with Crippen molar-refractivity contribution in [2.75, 3.05) is 24.2 Å². The summed E-state index contributed by atoms with van der Waals surface area (Å²) < 4.78 is 3.86. The number of fused-ring (bicyclic) bond motifs is 2. The zero-order valence-corrected chi connectivity index (χ0v) is 20.7. The van der Waals surface area contributed by atoms with Gasteiger partial charge in [0.1, 0.15) is 11.9 Å². The predicted molar refractivity (Wildman–Crippen MR) is 141 cm³/mol. The van der Waals surface area contributed by atoms with Crippen molar-refractivity contribution in [2.24, 2.45) is 13.0 Å². The van der Waals surface area contributed by atoms with E-state index in [1.165, 1.54) is 12.8 Å². The van der Waals surface area contributed by atoms with E-state index in [4.69, 9.17) is 26.7 Å². The van der Waals surface area contributed by atoms with Crippen molar-refractivity contribution in [1.82, 2.24) is 29.3 Å². The maximum Gasteiger partial charge on any atom is 0.226 e. The number of benzene rings is 1. The van der Waals surface area contributed by atoms with Gasteiger partial charge in [-0.25, -0.2) is 0 Å². The van der Waals surface area contributed by atoms with Crippen molar-refractivity contribution >= 4 is 45.3 Å². The van der Waals surface area contributed by atoms with Crippen LogP contribution in [0.15, 0.2) is 42.7 Å². The Morgan fingerprint density at radius 2 is 2.08 bits per heavy atom. The average molecular weight is 498 g/mol. The summed E-state index contributed by atoms with van der Waals surface area (Å²) in [6, 6.07) is 11.9. The molecule has 4 aromatic heterocycles. The van der Waals surface area contributed by atoms with Gasteiger partial charge in [-0.3, -0.25) is 9.67 Å². The number of rotatable bonds is 7. The fourth-order valence-corrected chi connectivity index (χ4v) is 4.81. The Balaban J connectivity index is 1.55. The fraction of sp³-hybridized carbons (Fsp3) is 0.269. The predicted octanol–water partition coefficient (Wildman–Crippen LogP) is 4.82. The molecule has 9 nitrogen and oxygen atoms in total. The van der Waals surface area contributed by atoms with Crippen molar-refractivity contribution in [3.05, 3.63) is 58.9 Å². The first kappa shape index (κ1) is 22.3. The lowest BCUT2D eigenvalue weighted by molar-refractivity contribution is 0.698. The molecule has 0 spiro atoms. The van der Waals surface area contributed by atoms with Gasteiger partial charge in [-0.2, -0.15) is 20.3 Å². The summed E-state index contributed by atoms with van der Waals surface area (Å²) in [6.07, 6.45) is 6.06. The topological polar surface area (TPSA) is 109 Å². The summed E-state index contributed by atoms with van der Waals surface area (Å²) in [7, 11) is 3.77. The summed E-state index contributed by atoms with van der Waals surface area (Å²) >= 11 is 6.42. The first-order chi connectivity index (χ1) is 17.6. The standard InChI is InChI=1S/C26H24ClN9/c1-29-24-21-23(20-10-16(11-28)13-35(20)2)36(34-25(21)33-26(32-24)31-12-15-6-7-15)14-17-8-9-30-22-18(17)4-3-5-19(22)27/h3-5,8-10,13,15H,6-7,12,14H2,1-2H3,(H2,29,31,32,33,34). The van der Waals surface area contributed by atoms with E-state index < -0.39 is 0 Å². The van der Waals surface area contributed by atoms with Gasteiger partial charge in [-0.05, 0) is 42.5 Å².